The molecule has 0 unspecified atom stereocenters. The van der Waals surface area contributed by atoms with Crippen LogP contribution < -0.4 is 5.32 Å². The van der Waals surface area contributed by atoms with Gasteiger partial charge < -0.3 is 5.32 Å². The first-order valence-electron chi connectivity index (χ1n) is 5.51. The topological polar surface area (TPSA) is 42.0 Å². The minimum Gasteiger partial charge on any atom is -0.355 e. The predicted octanol–water partition coefficient (Wildman–Crippen LogP) is 1.99. The Morgan fingerprint density at radius 2 is 2.33 bits per heavy atom. The Hall–Kier alpha value is -0.900. The molecule has 2 rings (SSSR count). The molecule has 15 heavy (non-hydrogen) atoms. The second-order valence-corrected chi connectivity index (χ2v) is 4.72. The third-order valence-corrected chi connectivity index (χ3v) is 3.53. The molecule has 3 nitrogen and oxygen atoms in total. The molecular weight excluding hydrogens is 208 g/mol. The highest BCUT2D eigenvalue weighted by Gasteiger charge is 2.21. The highest BCUT2D eigenvalue weighted by molar-refractivity contribution is 7.07. The van der Waals surface area contributed by atoms with Crippen molar-refractivity contribution in [2.24, 2.45) is 5.92 Å². The van der Waals surface area contributed by atoms with Crippen molar-refractivity contribution in [2.45, 2.75) is 32.1 Å². The molecule has 82 valence electrons. The number of aromatic nitrogens is 1. The van der Waals surface area contributed by atoms with E-state index < -0.39 is 0 Å². The maximum Gasteiger partial charge on any atom is 0.223 e. The minimum absolute atomic E-state index is 0.239. The second kappa shape index (κ2) is 5.26. The Labute approximate surface area is 93.9 Å². The summed E-state index contributed by atoms with van der Waals surface area (Å²) in [5.41, 5.74) is 2.90. The molecule has 1 fully saturated rings. The highest BCUT2D eigenvalue weighted by Crippen LogP contribution is 2.24. The Morgan fingerprint density at radius 3 is 3.00 bits per heavy atom. The number of thiazole rings is 1. The number of rotatable bonds is 4. The van der Waals surface area contributed by atoms with Gasteiger partial charge in [-0.15, -0.1) is 11.3 Å². The average Bonchev–Trinajstić information content (AvgIpc) is 2.90. The molecule has 1 amide bonds. The van der Waals surface area contributed by atoms with Gasteiger partial charge in [-0.1, -0.05) is 12.8 Å². The lowest BCUT2D eigenvalue weighted by atomic mass is 10.1. The van der Waals surface area contributed by atoms with Crippen molar-refractivity contribution in [2.75, 3.05) is 6.54 Å². The standard InChI is InChI=1S/C11H16N2OS/c14-11(9-3-1-2-4-9)12-6-5-10-7-15-8-13-10/h7-9H,1-6H2,(H,12,14). The molecule has 1 saturated carbocycles. The van der Waals surface area contributed by atoms with E-state index in [0.717, 1.165) is 31.5 Å². The fourth-order valence-electron chi connectivity index (χ4n) is 2.01. The third-order valence-electron chi connectivity index (χ3n) is 2.89. The summed E-state index contributed by atoms with van der Waals surface area (Å²) < 4.78 is 0. The molecule has 1 N–H and O–H groups in total. The van der Waals surface area contributed by atoms with Crippen LogP contribution in [0, 0.1) is 5.92 Å². The monoisotopic (exact) mass is 224 g/mol. The average molecular weight is 224 g/mol. The molecule has 1 aliphatic rings. The van der Waals surface area contributed by atoms with Gasteiger partial charge in [0, 0.05) is 24.3 Å². The lowest BCUT2D eigenvalue weighted by Crippen LogP contribution is -2.30. The SMILES string of the molecule is O=C(NCCc1cscn1)C1CCCC1. The van der Waals surface area contributed by atoms with Crippen LogP contribution in [0.15, 0.2) is 10.9 Å². The molecule has 4 heteroatoms. The summed E-state index contributed by atoms with van der Waals surface area (Å²) in [6, 6.07) is 0. The van der Waals surface area contributed by atoms with Gasteiger partial charge in [0.05, 0.1) is 11.2 Å². The second-order valence-electron chi connectivity index (χ2n) is 4.00. The number of carbonyl (C=O) groups excluding carboxylic acids is 1. The van der Waals surface area contributed by atoms with E-state index in [1.807, 2.05) is 10.9 Å². The molecule has 0 aromatic carbocycles. The summed E-state index contributed by atoms with van der Waals surface area (Å²) in [5, 5.41) is 5.02. The van der Waals surface area contributed by atoms with E-state index in [2.05, 4.69) is 10.3 Å². The van der Waals surface area contributed by atoms with Gasteiger partial charge in [-0.3, -0.25) is 4.79 Å². The number of hydrogen-bond donors (Lipinski definition) is 1. The van der Waals surface area contributed by atoms with Crippen LogP contribution in [0.25, 0.3) is 0 Å². The molecule has 1 heterocycles. The number of nitrogens with one attached hydrogen (secondary N) is 1. The molecule has 0 radical (unpaired) electrons. The summed E-state index contributed by atoms with van der Waals surface area (Å²) in [6.07, 6.45) is 5.42. The van der Waals surface area contributed by atoms with Crippen LogP contribution in [0.4, 0.5) is 0 Å². The van der Waals surface area contributed by atoms with Crippen molar-refractivity contribution in [1.29, 1.82) is 0 Å². The molecule has 1 aromatic heterocycles. The van der Waals surface area contributed by atoms with Gasteiger partial charge in [0.25, 0.3) is 0 Å². The quantitative estimate of drug-likeness (QED) is 0.850. The number of carbonyl (C=O) groups is 1. The third kappa shape index (κ3) is 3.02. The van der Waals surface area contributed by atoms with Crippen molar-refractivity contribution in [3.8, 4) is 0 Å². The fourth-order valence-corrected chi connectivity index (χ4v) is 2.60. The smallest absolute Gasteiger partial charge is 0.223 e. The number of hydrogen-bond acceptors (Lipinski definition) is 3. The van der Waals surface area contributed by atoms with Gasteiger partial charge >= 0.3 is 0 Å². The Kier molecular flexibility index (Phi) is 3.72. The minimum atomic E-state index is 0.239. The van der Waals surface area contributed by atoms with Crippen LogP contribution in [0.5, 0.6) is 0 Å². The number of nitrogens with zero attached hydrogens (tertiary/aromatic N) is 1. The first-order valence-corrected chi connectivity index (χ1v) is 6.45. The van der Waals surface area contributed by atoms with E-state index in [1.165, 1.54) is 12.8 Å². The largest absolute Gasteiger partial charge is 0.355 e. The Bertz CT molecular complexity index is 304. The zero-order valence-corrected chi connectivity index (χ0v) is 9.55. The van der Waals surface area contributed by atoms with Crippen LogP contribution in [0.1, 0.15) is 31.4 Å². The van der Waals surface area contributed by atoms with Crippen LogP contribution in [-0.2, 0) is 11.2 Å². The Morgan fingerprint density at radius 1 is 1.53 bits per heavy atom. The van der Waals surface area contributed by atoms with Crippen LogP contribution in [0.2, 0.25) is 0 Å². The molecule has 0 spiro atoms. The van der Waals surface area contributed by atoms with Crippen molar-refractivity contribution in [1.82, 2.24) is 10.3 Å². The van der Waals surface area contributed by atoms with Gasteiger partial charge in [-0.2, -0.15) is 0 Å². The zero-order chi connectivity index (χ0) is 10.5. The lowest BCUT2D eigenvalue weighted by molar-refractivity contribution is -0.124. The molecular formula is C11H16N2OS. The van der Waals surface area contributed by atoms with Gasteiger partial charge in [0.1, 0.15) is 0 Å². The van der Waals surface area contributed by atoms with Crippen LogP contribution >= 0.6 is 11.3 Å². The van der Waals surface area contributed by atoms with Crippen molar-refractivity contribution >= 4 is 17.2 Å². The highest BCUT2D eigenvalue weighted by atomic mass is 32.1. The van der Waals surface area contributed by atoms with Gasteiger partial charge in [-0.25, -0.2) is 4.98 Å². The predicted molar refractivity (Wildman–Crippen MR) is 60.8 cm³/mol. The maximum atomic E-state index is 11.6. The Balaban J connectivity index is 1.67. The molecule has 1 aliphatic carbocycles. The lowest BCUT2D eigenvalue weighted by Gasteiger charge is -2.09. The van der Waals surface area contributed by atoms with Crippen molar-refractivity contribution in [3.05, 3.63) is 16.6 Å². The fraction of sp³-hybridized carbons (Fsp3) is 0.636. The van der Waals surface area contributed by atoms with Crippen LogP contribution in [0.3, 0.4) is 0 Å². The first kappa shape index (κ1) is 10.6. The van der Waals surface area contributed by atoms with Gasteiger partial charge in [0.2, 0.25) is 5.91 Å². The van der Waals surface area contributed by atoms with E-state index in [-0.39, 0.29) is 11.8 Å². The molecule has 0 saturated heterocycles. The summed E-state index contributed by atoms with van der Waals surface area (Å²) in [5.74, 6) is 0.517. The molecule has 1 aromatic rings. The van der Waals surface area contributed by atoms with Gasteiger partial charge in [-0.05, 0) is 12.8 Å². The van der Waals surface area contributed by atoms with E-state index in [4.69, 9.17) is 0 Å². The summed E-state index contributed by atoms with van der Waals surface area (Å²) in [7, 11) is 0. The van der Waals surface area contributed by atoms with E-state index in [0.29, 0.717) is 0 Å². The number of amides is 1. The van der Waals surface area contributed by atoms with E-state index >= 15 is 0 Å². The van der Waals surface area contributed by atoms with Crippen molar-refractivity contribution < 1.29 is 4.79 Å². The summed E-state index contributed by atoms with van der Waals surface area (Å²) >= 11 is 1.60. The van der Waals surface area contributed by atoms with Crippen LogP contribution in [-0.4, -0.2) is 17.4 Å². The molecule has 0 bridgehead atoms. The first-order chi connectivity index (χ1) is 7.36. The van der Waals surface area contributed by atoms with E-state index in [1.54, 1.807) is 11.3 Å². The summed E-state index contributed by atoms with van der Waals surface area (Å²) in [6.45, 7) is 0.721. The zero-order valence-electron chi connectivity index (χ0n) is 8.74. The maximum absolute atomic E-state index is 11.6. The van der Waals surface area contributed by atoms with Crippen molar-refractivity contribution in [3.63, 3.8) is 0 Å². The van der Waals surface area contributed by atoms with Gasteiger partial charge in [0.15, 0.2) is 0 Å². The summed E-state index contributed by atoms with van der Waals surface area (Å²) in [4.78, 5) is 15.8. The van der Waals surface area contributed by atoms with E-state index in [9.17, 15) is 4.79 Å². The normalized spacial score (nSPS) is 16.8. The molecule has 0 aliphatic heterocycles. The molecule has 0 atom stereocenters.